The van der Waals surface area contributed by atoms with Crippen LogP contribution in [0.4, 0.5) is 0 Å². The van der Waals surface area contributed by atoms with E-state index in [1.807, 2.05) is 0 Å². The maximum absolute atomic E-state index is 11.2. The molecule has 0 aliphatic rings. The van der Waals surface area contributed by atoms with E-state index >= 15 is 0 Å². The van der Waals surface area contributed by atoms with Crippen LogP contribution in [0.5, 0.6) is 0 Å². The van der Waals surface area contributed by atoms with Crippen LogP contribution in [0.25, 0.3) is 0 Å². The van der Waals surface area contributed by atoms with Crippen LogP contribution in [0.15, 0.2) is 0 Å². The minimum absolute atomic E-state index is 0.177. The minimum atomic E-state index is -0.639. The van der Waals surface area contributed by atoms with Gasteiger partial charge in [0.15, 0.2) is 0 Å². The fourth-order valence-electron chi connectivity index (χ4n) is 2.19. The predicted octanol–water partition coefficient (Wildman–Crippen LogP) is 4.50. The Morgan fingerprint density at radius 1 is 1.00 bits per heavy atom. The van der Waals surface area contributed by atoms with Crippen LogP contribution in [0, 0.1) is 11.8 Å². The van der Waals surface area contributed by atoms with Crippen LogP contribution in [0.1, 0.15) is 72.1 Å². The molecule has 0 saturated heterocycles. The number of ether oxygens (including phenoxy) is 1. The van der Waals surface area contributed by atoms with E-state index in [0.717, 1.165) is 51.0 Å². The number of carbonyl (C=O) groups is 1. The van der Waals surface area contributed by atoms with Crippen LogP contribution >= 0.6 is 0 Å². The summed E-state index contributed by atoms with van der Waals surface area (Å²) in [4.78, 5) is 11.2. The lowest BCUT2D eigenvalue weighted by molar-refractivity contribution is -0.142. The van der Waals surface area contributed by atoms with E-state index in [2.05, 4.69) is 20.8 Å². The molecule has 3 heteroatoms. The third kappa shape index (κ3) is 12.2. The highest BCUT2D eigenvalue weighted by molar-refractivity contribution is 5.69. The lowest BCUT2D eigenvalue weighted by Gasteiger charge is -2.12. The van der Waals surface area contributed by atoms with Crippen LogP contribution in [0.2, 0.25) is 0 Å². The van der Waals surface area contributed by atoms with E-state index in [4.69, 9.17) is 4.74 Å². The zero-order chi connectivity index (χ0) is 14.5. The molecule has 1 N–H and O–H groups in total. The Balaban J connectivity index is 3.60. The monoisotopic (exact) mass is 272 g/mol. The molecule has 0 rings (SSSR count). The predicted molar refractivity (Wildman–Crippen MR) is 79.4 cm³/mol. The van der Waals surface area contributed by atoms with Gasteiger partial charge in [0.05, 0.1) is 5.92 Å². The largest absolute Gasteiger partial charge is 0.481 e. The van der Waals surface area contributed by atoms with Gasteiger partial charge in [-0.25, -0.2) is 0 Å². The molecule has 0 saturated carbocycles. The Morgan fingerprint density at radius 3 is 2.21 bits per heavy atom. The highest BCUT2D eigenvalue weighted by Crippen LogP contribution is 2.17. The Bertz CT molecular complexity index is 214. The highest BCUT2D eigenvalue weighted by atomic mass is 16.5. The molecular weight excluding hydrogens is 240 g/mol. The Labute approximate surface area is 118 Å². The molecule has 0 amide bonds. The zero-order valence-corrected chi connectivity index (χ0v) is 13.0. The summed E-state index contributed by atoms with van der Waals surface area (Å²) in [6.45, 7) is 8.03. The van der Waals surface area contributed by atoms with Crippen LogP contribution < -0.4 is 0 Å². The molecule has 0 aliphatic carbocycles. The van der Waals surface area contributed by atoms with Crippen LogP contribution in [-0.2, 0) is 9.53 Å². The molecule has 114 valence electrons. The summed E-state index contributed by atoms with van der Waals surface area (Å²) in [5.74, 6) is -0.0605. The van der Waals surface area contributed by atoms with Gasteiger partial charge in [-0.2, -0.15) is 0 Å². The van der Waals surface area contributed by atoms with Gasteiger partial charge < -0.3 is 9.84 Å². The van der Waals surface area contributed by atoms with Gasteiger partial charge >= 0.3 is 5.97 Å². The molecule has 1 atom stereocenters. The smallest absolute Gasteiger partial charge is 0.306 e. The third-order valence-electron chi connectivity index (χ3n) is 3.37. The van der Waals surface area contributed by atoms with Gasteiger partial charge in [-0.3, -0.25) is 4.79 Å². The zero-order valence-electron chi connectivity index (χ0n) is 13.0. The number of rotatable bonds is 13. The number of unbranched alkanes of at least 4 members (excludes halogenated alkanes) is 2. The molecule has 0 aromatic rings. The molecule has 0 aromatic carbocycles. The lowest BCUT2D eigenvalue weighted by Crippen LogP contribution is -2.14. The average Bonchev–Trinajstić information content (AvgIpc) is 2.35. The summed E-state index contributed by atoms with van der Waals surface area (Å²) >= 11 is 0. The van der Waals surface area contributed by atoms with Gasteiger partial charge in [-0.1, -0.05) is 46.5 Å². The van der Waals surface area contributed by atoms with E-state index in [9.17, 15) is 9.90 Å². The van der Waals surface area contributed by atoms with Gasteiger partial charge in [0.1, 0.15) is 0 Å². The van der Waals surface area contributed by atoms with Crippen LogP contribution in [0.3, 0.4) is 0 Å². The first kappa shape index (κ1) is 18.4. The Kier molecular flexibility index (Phi) is 12.1. The summed E-state index contributed by atoms with van der Waals surface area (Å²) in [5, 5.41) is 9.18. The summed E-state index contributed by atoms with van der Waals surface area (Å²) in [6.07, 6.45) is 8.14. The van der Waals surface area contributed by atoms with Crippen molar-refractivity contribution in [2.24, 2.45) is 11.8 Å². The molecule has 0 spiro atoms. The molecule has 0 bridgehead atoms. The minimum Gasteiger partial charge on any atom is -0.481 e. The summed E-state index contributed by atoms with van der Waals surface area (Å²) < 4.78 is 5.39. The third-order valence-corrected chi connectivity index (χ3v) is 3.37. The first-order chi connectivity index (χ1) is 9.07. The van der Waals surface area contributed by atoms with Gasteiger partial charge in [0.2, 0.25) is 0 Å². The molecule has 0 aromatic heterocycles. The first-order valence-electron chi connectivity index (χ1n) is 7.88. The number of hydrogen-bond acceptors (Lipinski definition) is 2. The van der Waals surface area contributed by atoms with Crippen molar-refractivity contribution in [2.45, 2.75) is 72.1 Å². The molecule has 19 heavy (non-hydrogen) atoms. The fraction of sp³-hybridized carbons (Fsp3) is 0.938. The van der Waals surface area contributed by atoms with Crippen LogP contribution in [-0.4, -0.2) is 24.3 Å². The van der Waals surface area contributed by atoms with Gasteiger partial charge in [-0.05, 0) is 31.6 Å². The topological polar surface area (TPSA) is 46.5 Å². The molecule has 0 radical (unpaired) electrons. The van der Waals surface area contributed by atoms with Crippen molar-refractivity contribution in [3.05, 3.63) is 0 Å². The first-order valence-corrected chi connectivity index (χ1v) is 7.88. The van der Waals surface area contributed by atoms with Crippen molar-refractivity contribution in [2.75, 3.05) is 13.2 Å². The van der Waals surface area contributed by atoms with Crippen molar-refractivity contribution < 1.29 is 14.6 Å². The quantitative estimate of drug-likeness (QED) is 0.502. The SMILES string of the molecule is CCCOCCCC(CCCCCC(C)C)C(=O)O. The summed E-state index contributed by atoms with van der Waals surface area (Å²) in [5.41, 5.74) is 0. The highest BCUT2D eigenvalue weighted by Gasteiger charge is 2.16. The summed E-state index contributed by atoms with van der Waals surface area (Å²) in [6, 6.07) is 0. The van der Waals surface area contributed by atoms with Crippen molar-refractivity contribution in [1.82, 2.24) is 0 Å². The van der Waals surface area contributed by atoms with E-state index in [-0.39, 0.29) is 5.92 Å². The second kappa shape index (κ2) is 12.5. The van der Waals surface area contributed by atoms with Gasteiger partial charge in [0, 0.05) is 13.2 Å². The second-order valence-electron chi connectivity index (χ2n) is 5.82. The Hall–Kier alpha value is -0.570. The molecular formula is C16H32O3. The number of carboxylic acid groups (broad SMARTS) is 1. The van der Waals surface area contributed by atoms with E-state index in [1.54, 1.807) is 0 Å². The average molecular weight is 272 g/mol. The standard InChI is InChI=1S/C16H32O3/c1-4-12-19-13-8-11-15(16(17)18)10-7-5-6-9-14(2)3/h14-15H,4-13H2,1-3H3,(H,17,18). The maximum atomic E-state index is 11.2. The lowest BCUT2D eigenvalue weighted by atomic mass is 9.95. The van der Waals surface area contributed by atoms with Crippen molar-refractivity contribution in [3.63, 3.8) is 0 Å². The van der Waals surface area contributed by atoms with E-state index in [1.165, 1.54) is 12.8 Å². The fourth-order valence-corrected chi connectivity index (χ4v) is 2.19. The van der Waals surface area contributed by atoms with Crippen molar-refractivity contribution >= 4 is 5.97 Å². The number of carboxylic acids is 1. The molecule has 1 unspecified atom stereocenters. The summed E-state index contributed by atoms with van der Waals surface area (Å²) in [7, 11) is 0. The normalized spacial score (nSPS) is 12.8. The molecule has 0 aliphatic heterocycles. The van der Waals surface area contributed by atoms with E-state index in [0.29, 0.717) is 6.61 Å². The van der Waals surface area contributed by atoms with Crippen molar-refractivity contribution in [1.29, 1.82) is 0 Å². The maximum Gasteiger partial charge on any atom is 0.306 e. The molecule has 0 fully saturated rings. The second-order valence-corrected chi connectivity index (χ2v) is 5.82. The van der Waals surface area contributed by atoms with Gasteiger partial charge in [0.25, 0.3) is 0 Å². The van der Waals surface area contributed by atoms with Gasteiger partial charge in [-0.15, -0.1) is 0 Å². The Morgan fingerprint density at radius 2 is 1.63 bits per heavy atom. The van der Waals surface area contributed by atoms with Crippen molar-refractivity contribution in [3.8, 4) is 0 Å². The number of aliphatic carboxylic acids is 1. The molecule has 0 heterocycles. The molecule has 3 nitrogen and oxygen atoms in total. The van der Waals surface area contributed by atoms with E-state index < -0.39 is 5.97 Å². The number of hydrogen-bond donors (Lipinski definition) is 1.